The van der Waals surface area contributed by atoms with Gasteiger partial charge in [-0.15, -0.1) is 11.6 Å². The average Bonchev–Trinajstić information content (AvgIpc) is 2.95. The molecule has 0 radical (unpaired) electrons. The molecule has 1 heterocycles. The first-order chi connectivity index (χ1) is 13.1. The van der Waals surface area contributed by atoms with Crippen molar-refractivity contribution < 1.29 is 14.3 Å². The number of hydrogen-bond donors (Lipinski definition) is 1. The van der Waals surface area contributed by atoms with Gasteiger partial charge in [-0.25, -0.2) is 4.90 Å². The molecule has 0 atom stereocenters. The Labute approximate surface area is 168 Å². The number of amides is 1. The number of nitrogens with one attached hydrogen (secondary N) is 1. The van der Waals surface area contributed by atoms with Crippen LogP contribution in [0.1, 0.15) is 18.1 Å². The molecule has 1 N–H and O–H groups in total. The Balaban J connectivity index is 1.94. The van der Waals surface area contributed by atoms with Gasteiger partial charge in [0.05, 0.1) is 25.3 Å². The third-order valence-electron chi connectivity index (χ3n) is 4.04. The lowest BCUT2D eigenvalue weighted by Gasteiger charge is -2.17. The zero-order valence-corrected chi connectivity index (χ0v) is 16.6. The van der Waals surface area contributed by atoms with Gasteiger partial charge in [0.2, 0.25) is 0 Å². The van der Waals surface area contributed by atoms with Crippen LogP contribution in [0.15, 0.2) is 48.2 Å². The second-order valence-corrected chi connectivity index (χ2v) is 6.39. The maximum atomic E-state index is 13.0. The molecule has 5 nitrogen and oxygen atoms in total. The lowest BCUT2D eigenvalue weighted by Crippen LogP contribution is -2.30. The van der Waals surface area contributed by atoms with E-state index in [0.29, 0.717) is 40.5 Å². The van der Waals surface area contributed by atoms with Crippen LogP contribution < -0.4 is 19.7 Å². The third-order valence-corrected chi connectivity index (χ3v) is 4.62. The zero-order chi connectivity index (χ0) is 19.4. The highest BCUT2D eigenvalue weighted by molar-refractivity contribution is 7.80. The van der Waals surface area contributed by atoms with Crippen molar-refractivity contribution in [3.05, 3.63) is 59.3 Å². The van der Waals surface area contributed by atoms with Crippen LogP contribution >= 0.6 is 23.8 Å². The number of benzene rings is 2. The minimum absolute atomic E-state index is 0.240. The molecule has 0 aliphatic carbocycles. The number of anilines is 1. The molecule has 0 saturated carbocycles. The Morgan fingerprint density at radius 3 is 2.70 bits per heavy atom. The highest BCUT2D eigenvalue weighted by atomic mass is 35.5. The van der Waals surface area contributed by atoms with Gasteiger partial charge >= 0.3 is 0 Å². The summed E-state index contributed by atoms with van der Waals surface area (Å²) in [6, 6.07) is 12.9. The SMILES string of the molecule is CCOc1ccccc1N1C(=O)/C(=C\c2ccc(OC)c(CCl)c2)NC1=S. The first-order valence-electron chi connectivity index (χ1n) is 8.40. The van der Waals surface area contributed by atoms with Crippen molar-refractivity contribution in [3.8, 4) is 11.5 Å². The molecule has 27 heavy (non-hydrogen) atoms. The quantitative estimate of drug-likeness (QED) is 0.448. The second kappa shape index (κ2) is 8.41. The fourth-order valence-electron chi connectivity index (χ4n) is 2.83. The van der Waals surface area contributed by atoms with Crippen molar-refractivity contribution in [2.75, 3.05) is 18.6 Å². The standard InChI is InChI=1S/C20H19ClN2O3S/c1-3-26-18-7-5-4-6-16(18)23-19(24)15(22-20(23)27)11-13-8-9-17(25-2)14(10-13)12-21/h4-11H,3,12H2,1-2H3,(H,22,27)/b15-11+. The van der Waals surface area contributed by atoms with Gasteiger partial charge in [-0.05, 0) is 55.0 Å². The number of rotatable bonds is 6. The van der Waals surface area contributed by atoms with Crippen molar-refractivity contribution in [1.82, 2.24) is 5.32 Å². The van der Waals surface area contributed by atoms with E-state index in [1.54, 1.807) is 19.3 Å². The van der Waals surface area contributed by atoms with Crippen LogP contribution in [0.2, 0.25) is 0 Å². The highest BCUT2D eigenvalue weighted by Crippen LogP contribution is 2.32. The van der Waals surface area contributed by atoms with Crippen LogP contribution in [0, 0.1) is 0 Å². The molecule has 1 amide bonds. The van der Waals surface area contributed by atoms with Crippen LogP contribution in [0.3, 0.4) is 0 Å². The van der Waals surface area contributed by atoms with Gasteiger partial charge < -0.3 is 14.8 Å². The Morgan fingerprint density at radius 2 is 2.00 bits per heavy atom. The van der Waals surface area contributed by atoms with E-state index in [0.717, 1.165) is 11.1 Å². The number of methoxy groups -OCH3 is 1. The number of alkyl halides is 1. The number of nitrogens with zero attached hydrogens (tertiary/aromatic N) is 1. The van der Waals surface area contributed by atoms with E-state index in [2.05, 4.69) is 5.32 Å². The molecule has 140 valence electrons. The van der Waals surface area contributed by atoms with Gasteiger partial charge in [-0.1, -0.05) is 18.2 Å². The number of hydrogen-bond acceptors (Lipinski definition) is 4. The van der Waals surface area contributed by atoms with Gasteiger partial charge in [0.25, 0.3) is 5.91 Å². The maximum absolute atomic E-state index is 13.0. The molecule has 1 aliphatic heterocycles. The number of thiocarbonyl (C=S) groups is 1. The normalized spacial score (nSPS) is 15.2. The van der Waals surface area contributed by atoms with E-state index >= 15 is 0 Å². The van der Waals surface area contributed by atoms with Crippen LogP contribution in [-0.4, -0.2) is 24.7 Å². The molecule has 0 aromatic heterocycles. The summed E-state index contributed by atoms with van der Waals surface area (Å²) in [5, 5.41) is 3.29. The Bertz CT molecular complexity index is 914. The molecular formula is C20H19ClN2O3S. The maximum Gasteiger partial charge on any atom is 0.281 e. The van der Waals surface area contributed by atoms with Crippen LogP contribution in [0.25, 0.3) is 6.08 Å². The van der Waals surface area contributed by atoms with Gasteiger partial charge in [0.15, 0.2) is 5.11 Å². The van der Waals surface area contributed by atoms with E-state index in [-0.39, 0.29) is 5.91 Å². The molecular weight excluding hydrogens is 384 g/mol. The topological polar surface area (TPSA) is 50.8 Å². The number of ether oxygens (including phenoxy) is 2. The Hall–Kier alpha value is -2.57. The Morgan fingerprint density at radius 1 is 1.22 bits per heavy atom. The van der Waals surface area contributed by atoms with Crippen molar-refractivity contribution in [1.29, 1.82) is 0 Å². The van der Waals surface area contributed by atoms with E-state index in [1.807, 2.05) is 43.3 Å². The van der Waals surface area contributed by atoms with Gasteiger partial charge in [0, 0.05) is 5.56 Å². The third kappa shape index (κ3) is 3.91. The summed E-state index contributed by atoms with van der Waals surface area (Å²) < 4.78 is 10.9. The highest BCUT2D eigenvalue weighted by Gasteiger charge is 2.33. The molecule has 1 saturated heterocycles. The fraction of sp³-hybridized carbons (Fsp3) is 0.200. The van der Waals surface area contributed by atoms with E-state index in [9.17, 15) is 4.79 Å². The summed E-state index contributed by atoms with van der Waals surface area (Å²) in [5.41, 5.74) is 2.67. The van der Waals surface area contributed by atoms with Crippen LogP contribution in [-0.2, 0) is 10.7 Å². The predicted octanol–water partition coefficient (Wildman–Crippen LogP) is 4.09. The summed E-state index contributed by atoms with van der Waals surface area (Å²) in [4.78, 5) is 14.4. The number of carbonyl (C=O) groups is 1. The Kier molecular flexibility index (Phi) is 5.98. The van der Waals surface area contributed by atoms with Crippen LogP contribution in [0.5, 0.6) is 11.5 Å². The summed E-state index contributed by atoms with van der Waals surface area (Å²) in [5.74, 6) is 1.39. The van der Waals surface area contributed by atoms with Crippen molar-refractivity contribution in [2.24, 2.45) is 0 Å². The number of para-hydroxylation sites is 2. The van der Waals surface area contributed by atoms with Crippen molar-refractivity contribution >= 4 is 46.6 Å². The van der Waals surface area contributed by atoms with E-state index in [1.165, 1.54) is 4.90 Å². The van der Waals surface area contributed by atoms with Crippen LogP contribution in [0.4, 0.5) is 5.69 Å². The molecule has 1 aliphatic rings. The molecule has 0 spiro atoms. The first kappa shape index (κ1) is 19.2. The fourth-order valence-corrected chi connectivity index (χ4v) is 3.33. The minimum Gasteiger partial charge on any atom is -0.496 e. The lowest BCUT2D eigenvalue weighted by atomic mass is 10.1. The number of carbonyl (C=O) groups excluding carboxylic acids is 1. The summed E-state index contributed by atoms with van der Waals surface area (Å²) in [6.07, 6.45) is 1.74. The monoisotopic (exact) mass is 402 g/mol. The molecule has 2 aromatic rings. The summed E-state index contributed by atoms with van der Waals surface area (Å²) in [6.45, 7) is 2.39. The second-order valence-electron chi connectivity index (χ2n) is 5.73. The van der Waals surface area contributed by atoms with E-state index in [4.69, 9.17) is 33.3 Å². The van der Waals surface area contributed by atoms with Gasteiger partial charge in [-0.2, -0.15) is 0 Å². The molecule has 7 heteroatoms. The van der Waals surface area contributed by atoms with E-state index < -0.39 is 0 Å². The summed E-state index contributed by atoms with van der Waals surface area (Å²) in [7, 11) is 1.59. The minimum atomic E-state index is -0.240. The smallest absolute Gasteiger partial charge is 0.281 e. The van der Waals surface area contributed by atoms with Crippen molar-refractivity contribution in [2.45, 2.75) is 12.8 Å². The molecule has 1 fully saturated rings. The molecule has 0 unspecified atom stereocenters. The van der Waals surface area contributed by atoms with Gasteiger partial charge in [-0.3, -0.25) is 4.79 Å². The zero-order valence-electron chi connectivity index (χ0n) is 15.0. The van der Waals surface area contributed by atoms with Crippen molar-refractivity contribution in [3.63, 3.8) is 0 Å². The predicted molar refractivity (Wildman–Crippen MR) is 111 cm³/mol. The molecule has 3 rings (SSSR count). The number of halogens is 1. The van der Waals surface area contributed by atoms with Gasteiger partial charge in [0.1, 0.15) is 17.2 Å². The largest absolute Gasteiger partial charge is 0.496 e. The molecule has 0 bridgehead atoms. The summed E-state index contributed by atoms with van der Waals surface area (Å²) >= 11 is 11.4. The first-order valence-corrected chi connectivity index (χ1v) is 9.35. The molecule has 2 aromatic carbocycles. The lowest BCUT2D eigenvalue weighted by molar-refractivity contribution is -0.113. The average molecular weight is 403 g/mol.